The van der Waals surface area contributed by atoms with E-state index >= 15 is 0 Å². The summed E-state index contributed by atoms with van der Waals surface area (Å²) >= 11 is 2.40. The summed E-state index contributed by atoms with van der Waals surface area (Å²) in [7, 11) is 4.50. The molecule has 1 aromatic carbocycles. The van der Waals surface area contributed by atoms with Gasteiger partial charge in [0, 0.05) is 23.9 Å². The molecule has 3 rings (SSSR count). The number of carbonyl (C=O) groups excluding carboxylic acids is 2. The Kier molecular flexibility index (Phi) is 7.38. The number of amides is 2. The molecule has 1 aliphatic heterocycles. The average Bonchev–Trinajstić information content (AvgIpc) is 3.29. The van der Waals surface area contributed by atoms with Crippen molar-refractivity contribution in [2.24, 2.45) is 0 Å². The van der Waals surface area contributed by atoms with E-state index < -0.39 is 5.92 Å². The van der Waals surface area contributed by atoms with E-state index in [-0.39, 0.29) is 24.0 Å². The van der Waals surface area contributed by atoms with Gasteiger partial charge in [0.15, 0.2) is 16.6 Å². The Morgan fingerprint density at radius 2 is 2.03 bits per heavy atom. The van der Waals surface area contributed by atoms with Gasteiger partial charge in [-0.15, -0.1) is 11.3 Å². The van der Waals surface area contributed by atoms with Crippen molar-refractivity contribution in [2.75, 3.05) is 32.4 Å². The maximum Gasteiger partial charge on any atom is 0.236 e. The maximum absolute atomic E-state index is 12.4. The molecule has 0 fully saturated rings. The molecule has 1 unspecified atom stereocenters. The number of hydrogen-bond acceptors (Lipinski definition) is 9. The van der Waals surface area contributed by atoms with Crippen LogP contribution >= 0.6 is 23.1 Å². The number of methoxy groups -OCH3 is 3. The van der Waals surface area contributed by atoms with Crippen LogP contribution in [-0.4, -0.2) is 43.9 Å². The highest BCUT2D eigenvalue weighted by Gasteiger charge is 2.31. The summed E-state index contributed by atoms with van der Waals surface area (Å²) in [5, 5.41) is 17.8. The molecule has 11 heteroatoms. The first-order valence-corrected chi connectivity index (χ1v) is 10.9. The zero-order valence-electron chi connectivity index (χ0n) is 17.1. The number of rotatable bonds is 8. The third-order valence-corrected chi connectivity index (χ3v) is 6.18. The van der Waals surface area contributed by atoms with Crippen molar-refractivity contribution in [3.8, 4) is 23.3 Å². The van der Waals surface area contributed by atoms with Gasteiger partial charge in [-0.05, 0) is 17.7 Å². The molecule has 0 saturated carbocycles. The van der Waals surface area contributed by atoms with Crippen molar-refractivity contribution in [2.45, 2.75) is 12.3 Å². The number of nitrogens with zero attached hydrogens (tertiary/aromatic N) is 2. The molecule has 1 atom stereocenters. The van der Waals surface area contributed by atoms with Gasteiger partial charge in [0.05, 0.1) is 43.8 Å². The van der Waals surface area contributed by atoms with Crippen molar-refractivity contribution >= 4 is 40.0 Å². The first-order valence-electron chi connectivity index (χ1n) is 9.06. The highest BCUT2D eigenvalue weighted by atomic mass is 32.2. The first kappa shape index (κ1) is 22.5. The first-order chi connectivity index (χ1) is 15.0. The Balaban J connectivity index is 1.89. The van der Waals surface area contributed by atoms with E-state index in [1.807, 2.05) is 0 Å². The second-order valence-electron chi connectivity index (χ2n) is 6.29. The smallest absolute Gasteiger partial charge is 0.236 e. The van der Waals surface area contributed by atoms with Crippen molar-refractivity contribution in [3.63, 3.8) is 0 Å². The molecule has 0 spiro atoms. The van der Waals surface area contributed by atoms with Gasteiger partial charge in [-0.3, -0.25) is 9.59 Å². The van der Waals surface area contributed by atoms with Gasteiger partial charge in [0.2, 0.25) is 17.6 Å². The van der Waals surface area contributed by atoms with Crippen molar-refractivity contribution < 1.29 is 23.8 Å². The Hall–Kier alpha value is -3.23. The number of anilines is 1. The molecule has 31 heavy (non-hydrogen) atoms. The van der Waals surface area contributed by atoms with Crippen molar-refractivity contribution in [3.05, 3.63) is 39.9 Å². The SMILES string of the molecule is COc1cc(C2CC(=O)NC(SCC(=O)Nc3nccs3)=C2C#N)cc(OC)c1OC. The zero-order valence-corrected chi connectivity index (χ0v) is 18.7. The lowest BCUT2D eigenvalue weighted by molar-refractivity contribution is -0.121. The van der Waals surface area contributed by atoms with E-state index in [0.29, 0.717) is 38.5 Å². The van der Waals surface area contributed by atoms with Crippen molar-refractivity contribution in [1.29, 1.82) is 5.26 Å². The Bertz CT molecular complexity index is 1020. The third-order valence-electron chi connectivity index (χ3n) is 4.47. The van der Waals surface area contributed by atoms with Gasteiger partial charge >= 0.3 is 0 Å². The van der Waals surface area contributed by atoms with Crippen LogP contribution in [0.3, 0.4) is 0 Å². The molecular formula is C20H20N4O5S2. The number of nitriles is 1. The monoisotopic (exact) mass is 460 g/mol. The van der Waals surface area contributed by atoms with E-state index in [9.17, 15) is 14.9 Å². The topological polar surface area (TPSA) is 123 Å². The van der Waals surface area contributed by atoms with E-state index in [0.717, 1.165) is 11.8 Å². The number of aromatic nitrogens is 1. The van der Waals surface area contributed by atoms with Crippen LogP contribution in [0.1, 0.15) is 17.9 Å². The standard InChI is InChI=1S/C20H20N4O5S2/c1-27-14-6-11(7-15(28-2)18(14)29-3)12-8-16(25)23-19(13(12)9-21)31-10-17(26)24-20-22-4-5-30-20/h4-7,12H,8,10H2,1-3H3,(H,23,25)(H,22,24,26). The number of nitrogens with one attached hydrogen (secondary N) is 2. The third kappa shape index (κ3) is 5.10. The molecule has 1 aliphatic rings. The second kappa shape index (κ2) is 10.2. The number of hydrogen-bond donors (Lipinski definition) is 2. The Morgan fingerprint density at radius 1 is 1.32 bits per heavy atom. The fraction of sp³-hybridized carbons (Fsp3) is 0.300. The maximum atomic E-state index is 12.4. The van der Waals surface area contributed by atoms with Gasteiger partial charge in [0.1, 0.15) is 0 Å². The minimum absolute atomic E-state index is 0.0162. The van der Waals surface area contributed by atoms with Crippen LogP contribution in [0.25, 0.3) is 0 Å². The summed E-state index contributed by atoms with van der Waals surface area (Å²) in [4.78, 5) is 28.6. The van der Waals surface area contributed by atoms with Crippen LogP contribution in [0, 0.1) is 11.3 Å². The lowest BCUT2D eigenvalue weighted by Crippen LogP contribution is -2.31. The fourth-order valence-electron chi connectivity index (χ4n) is 3.10. The molecule has 2 heterocycles. The van der Waals surface area contributed by atoms with Gasteiger partial charge in [-0.25, -0.2) is 4.98 Å². The molecule has 2 aromatic rings. The summed E-state index contributed by atoms with van der Waals surface area (Å²) in [6.07, 6.45) is 1.67. The summed E-state index contributed by atoms with van der Waals surface area (Å²) < 4.78 is 16.1. The number of allylic oxidation sites excluding steroid dienone is 1. The predicted octanol–water partition coefficient (Wildman–Crippen LogP) is 2.88. The Labute approximate surface area is 187 Å². The summed E-state index contributed by atoms with van der Waals surface area (Å²) in [5.74, 6) is 0.244. The highest BCUT2D eigenvalue weighted by molar-refractivity contribution is 8.03. The number of carbonyl (C=O) groups is 2. The molecule has 0 radical (unpaired) electrons. The molecule has 0 bridgehead atoms. The van der Waals surface area contributed by atoms with Crippen LogP contribution in [-0.2, 0) is 9.59 Å². The molecule has 0 saturated heterocycles. The van der Waals surface area contributed by atoms with Crippen LogP contribution in [0.5, 0.6) is 17.2 Å². The lowest BCUT2D eigenvalue weighted by atomic mass is 9.86. The lowest BCUT2D eigenvalue weighted by Gasteiger charge is -2.26. The second-order valence-corrected chi connectivity index (χ2v) is 8.17. The minimum Gasteiger partial charge on any atom is -0.493 e. The van der Waals surface area contributed by atoms with E-state index in [2.05, 4.69) is 21.7 Å². The van der Waals surface area contributed by atoms with Gasteiger partial charge in [0.25, 0.3) is 0 Å². The predicted molar refractivity (Wildman–Crippen MR) is 117 cm³/mol. The van der Waals surface area contributed by atoms with E-state index in [4.69, 9.17) is 14.2 Å². The molecule has 162 valence electrons. The molecular weight excluding hydrogens is 440 g/mol. The quantitative estimate of drug-likeness (QED) is 0.617. The largest absolute Gasteiger partial charge is 0.493 e. The number of thioether (sulfide) groups is 1. The fourth-order valence-corrected chi connectivity index (χ4v) is 4.52. The Morgan fingerprint density at radius 3 is 2.58 bits per heavy atom. The highest BCUT2D eigenvalue weighted by Crippen LogP contribution is 2.44. The number of benzene rings is 1. The van der Waals surface area contributed by atoms with E-state index in [1.165, 1.54) is 32.7 Å². The number of ether oxygens (including phenoxy) is 3. The van der Waals surface area contributed by atoms with Crippen LogP contribution in [0.15, 0.2) is 34.3 Å². The normalized spacial score (nSPS) is 15.7. The van der Waals surface area contributed by atoms with Crippen LogP contribution < -0.4 is 24.8 Å². The molecule has 0 aliphatic carbocycles. The average molecular weight is 461 g/mol. The van der Waals surface area contributed by atoms with Gasteiger partial charge in [-0.2, -0.15) is 5.26 Å². The molecule has 1 aromatic heterocycles. The zero-order chi connectivity index (χ0) is 22.4. The molecule has 9 nitrogen and oxygen atoms in total. The summed E-state index contributed by atoms with van der Waals surface area (Å²) in [6.45, 7) is 0. The molecule has 2 N–H and O–H groups in total. The van der Waals surface area contributed by atoms with Gasteiger partial charge < -0.3 is 24.8 Å². The van der Waals surface area contributed by atoms with Crippen LogP contribution in [0.4, 0.5) is 5.13 Å². The van der Waals surface area contributed by atoms with Crippen molar-refractivity contribution in [1.82, 2.24) is 10.3 Å². The van der Waals surface area contributed by atoms with Crippen LogP contribution in [0.2, 0.25) is 0 Å². The summed E-state index contributed by atoms with van der Waals surface area (Å²) in [6, 6.07) is 5.63. The van der Waals surface area contributed by atoms with E-state index in [1.54, 1.807) is 23.7 Å². The molecule has 2 amide bonds. The van der Waals surface area contributed by atoms with Gasteiger partial charge in [-0.1, -0.05) is 11.8 Å². The summed E-state index contributed by atoms with van der Waals surface area (Å²) in [5.41, 5.74) is 1.03. The number of thiazole rings is 1. The minimum atomic E-state index is -0.517.